The zero-order chi connectivity index (χ0) is 21.3. The number of hydrogen-bond donors (Lipinski definition) is 0. The number of hydrogen-bond acceptors (Lipinski definition) is 4. The molecule has 2 fully saturated rings. The zero-order valence-electron chi connectivity index (χ0n) is 16.7. The zero-order valence-corrected chi connectivity index (χ0v) is 17.4. The molecular weight excluding hydrogens is 409 g/mol. The monoisotopic (exact) mass is 431 g/mol. The van der Waals surface area contributed by atoms with Crippen molar-refractivity contribution in [3.8, 4) is 5.75 Å². The smallest absolute Gasteiger partial charge is 0.228 e. The van der Waals surface area contributed by atoms with Crippen LogP contribution in [0.1, 0.15) is 6.42 Å². The van der Waals surface area contributed by atoms with Gasteiger partial charge in [0.15, 0.2) is 0 Å². The van der Waals surface area contributed by atoms with Gasteiger partial charge in [-0.15, -0.1) is 0 Å². The number of ether oxygens (including phenoxy) is 1. The molecular formula is C22H23ClFN3O3. The summed E-state index contributed by atoms with van der Waals surface area (Å²) in [7, 11) is 1.65. The first-order valence-electron chi connectivity index (χ1n) is 9.90. The number of piperazine rings is 1. The minimum Gasteiger partial charge on any atom is -0.495 e. The number of amides is 2. The van der Waals surface area contributed by atoms with Gasteiger partial charge in [0.1, 0.15) is 11.6 Å². The highest BCUT2D eigenvalue weighted by atomic mass is 35.5. The highest BCUT2D eigenvalue weighted by Crippen LogP contribution is 2.31. The molecule has 1 atom stereocenters. The summed E-state index contributed by atoms with van der Waals surface area (Å²) >= 11 is 5.84. The summed E-state index contributed by atoms with van der Waals surface area (Å²) in [5.74, 6) is -0.290. The quantitative estimate of drug-likeness (QED) is 0.746. The SMILES string of the molecule is COc1ccccc1N1CCN(C(=O)[C@@H]2CC(=O)N(c3ccc(F)c(Cl)c3)C2)CC1. The van der Waals surface area contributed by atoms with Gasteiger partial charge >= 0.3 is 0 Å². The molecule has 0 aliphatic carbocycles. The van der Waals surface area contributed by atoms with Gasteiger partial charge in [-0.05, 0) is 30.3 Å². The molecule has 0 unspecified atom stereocenters. The number of halogens is 2. The molecule has 30 heavy (non-hydrogen) atoms. The number of anilines is 2. The van der Waals surface area contributed by atoms with Crippen LogP contribution in [-0.2, 0) is 9.59 Å². The van der Waals surface area contributed by atoms with Gasteiger partial charge in [0, 0.05) is 44.8 Å². The minimum absolute atomic E-state index is 0.0151. The maximum atomic E-state index is 13.4. The Kier molecular flexibility index (Phi) is 5.81. The molecule has 0 aromatic heterocycles. The summed E-state index contributed by atoms with van der Waals surface area (Å²) in [6, 6.07) is 12.0. The van der Waals surface area contributed by atoms with Gasteiger partial charge in [0.2, 0.25) is 11.8 Å². The Morgan fingerprint density at radius 2 is 1.87 bits per heavy atom. The predicted molar refractivity (Wildman–Crippen MR) is 114 cm³/mol. The van der Waals surface area contributed by atoms with E-state index in [9.17, 15) is 14.0 Å². The highest BCUT2D eigenvalue weighted by molar-refractivity contribution is 6.31. The molecule has 4 rings (SSSR count). The van der Waals surface area contributed by atoms with E-state index in [1.165, 1.54) is 23.1 Å². The molecule has 2 aliphatic heterocycles. The maximum Gasteiger partial charge on any atom is 0.228 e. The second-order valence-corrected chi connectivity index (χ2v) is 7.90. The third-order valence-electron chi connectivity index (χ3n) is 5.71. The normalized spacial score (nSPS) is 19.4. The molecule has 6 nitrogen and oxygen atoms in total. The van der Waals surface area contributed by atoms with Crippen LogP contribution in [0.4, 0.5) is 15.8 Å². The Bertz CT molecular complexity index is 962. The Morgan fingerprint density at radius 1 is 1.13 bits per heavy atom. The fraction of sp³-hybridized carbons (Fsp3) is 0.364. The van der Waals surface area contributed by atoms with Crippen molar-refractivity contribution in [1.82, 2.24) is 4.90 Å². The standard InChI is InChI=1S/C22H23ClFN3O3/c1-30-20-5-3-2-4-19(20)25-8-10-26(11-9-25)22(29)15-12-21(28)27(14-15)16-6-7-18(24)17(23)13-16/h2-7,13,15H,8-12,14H2,1H3/t15-/m1/s1. The third-order valence-corrected chi connectivity index (χ3v) is 6.00. The molecule has 2 amide bonds. The molecule has 0 spiro atoms. The van der Waals surface area contributed by atoms with Gasteiger partial charge < -0.3 is 19.4 Å². The molecule has 2 aliphatic rings. The lowest BCUT2D eigenvalue weighted by molar-refractivity contribution is -0.136. The van der Waals surface area contributed by atoms with Crippen LogP contribution in [0.15, 0.2) is 42.5 Å². The van der Waals surface area contributed by atoms with Gasteiger partial charge in [0.05, 0.1) is 23.7 Å². The van der Waals surface area contributed by atoms with Gasteiger partial charge in [0.25, 0.3) is 0 Å². The summed E-state index contributed by atoms with van der Waals surface area (Å²) in [4.78, 5) is 31.0. The van der Waals surface area contributed by atoms with E-state index in [0.29, 0.717) is 31.9 Å². The molecule has 158 valence electrons. The van der Waals surface area contributed by atoms with Crippen LogP contribution in [0.5, 0.6) is 5.75 Å². The minimum atomic E-state index is -0.535. The lowest BCUT2D eigenvalue weighted by Crippen LogP contribution is -2.50. The number of methoxy groups -OCH3 is 1. The molecule has 2 heterocycles. The van der Waals surface area contributed by atoms with E-state index in [0.717, 1.165) is 11.4 Å². The van der Waals surface area contributed by atoms with E-state index in [1.54, 1.807) is 7.11 Å². The molecule has 0 N–H and O–H groups in total. The summed E-state index contributed by atoms with van der Waals surface area (Å²) in [5, 5.41) is -0.0393. The van der Waals surface area contributed by atoms with Crippen LogP contribution in [-0.4, -0.2) is 56.5 Å². The number of para-hydroxylation sites is 2. The van der Waals surface area contributed by atoms with Crippen LogP contribution < -0.4 is 14.5 Å². The van der Waals surface area contributed by atoms with Crippen molar-refractivity contribution in [2.45, 2.75) is 6.42 Å². The second-order valence-electron chi connectivity index (χ2n) is 7.49. The molecule has 8 heteroatoms. The lowest BCUT2D eigenvalue weighted by atomic mass is 10.1. The van der Waals surface area contributed by atoms with Crippen molar-refractivity contribution < 1.29 is 18.7 Å². The van der Waals surface area contributed by atoms with E-state index >= 15 is 0 Å². The van der Waals surface area contributed by atoms with Crippen LogP contribution in [0, 0.1) is 11.7 Å². The van der Waals surface area contributed by atoms with Crippen molar-refractivity contribution in [1.29, 1.82) is 0 Å². The Morgan fingerprint density at radius 3 is 2.57 bits per heavy atom. The van der Waals surface area contributed by atoms with Gasteiger partial charge in [-0.1, -0.05) is 23.7 Å². The lowest BCUT2D eigenvalue weighted by Gasteiger charge is -2.37. The largest absolute Gasteiger partial charge is 0.495 e. The number of rotatable bonds is 4. The Balaban J connectivity index is 1.39. The van der Waals surface area contributed by atoms with Crippen molar-refractivity contribution in [2.24, 2.45) is 5.92 Å². The Labute approximate surface area is 179 Å². The van der Waals surface area contributed by atoms with Crippen LogP contribution in [0.25, 0.3) is 0 Å². The topological polar surface area (TPSA) is 53.1 Å². The summed E-state index contributed by atoms with van der Waals surface area (Å²) in [5.41, 5.74) is 1.53. The molecule has 0 saturated carbocycles. The number of carbonyl (C=O) groups is 2. The maximum absolute atomic E-state index is 13.4. The number of nitrogens with zero attached hydrogens (tertiary/aromatic N) is 3. The van der Waals surface area contributed by atoms with Crippen LogP contribution >= 0.6 is 11.6 Å². The van der Waals surface area contributed by atoms with E-state index in [-0.39, 0.29) is 29.8 Å². The number of carbonyl (C=O) groups excluding carboxylic acids is 2. The van der Waals surface area contributed by atoms with Crippen molar-refractivity contribution >= 4 is 34.8 Å². The first-order chi connectivity index (χ1) is 14.5. The van der Waals surface area contributed by atoms with Crippen molar-refractivity contribution in [2.75, 3.05) is 49.6 Å². The molecule has 2 saturated heterocycles. The van der Waals surface area contributed by atoms with Gasteiger partial charge in [-0.25, -0.2) is 4.39 Å². The first-order valence-corrected chi connectivity index (χ1v) is 10.3. The fourth-order valence-electron chi connectivity index (χ4n) is 4.09. The van der Waals surface area contributed by atoms with E-state index < -0.39 is 11.7 Å². The molecule has 2 aromatic carbocycles. The van der Waals surface area contributed by atoms with Gasteiger partial charge in [-0.2, -0.15) is 0 Å². The number of benzene rings is 2. The molecule has 0 bridgehead atoms. The second kappa shape index (κ2) is 8.52. The Hall–Kier alpha value is -2.80. The first kappa shape index (κ1) is 20.5. The summed E-state index contributed by atoms with van der Waals surface area (Å²) in [6.07, 6.45) is 0.153. The molecule has 0 radical (unpaired) electrons. The van der Waals surface area contributed by atoms with E-state index in [1.807, 2.05) is 29.2 Å². The predicted octanol–water partition coefficient (Wildman–Crippen LogP) is 3.19. The summed E-state index contributed by atoms with van der Waals surface area (Å²) in [6.45, 7) is 2.86. The highest BCUT2D eigenvalue weighted by Gasteiger charge is 2.38. The molecule has 2 aromatic rings. The fourth-order valence-corrected chi connectivity index (χ4v) is 4.27. The van der Waals surface area contributed by atoms with Crippen LogP contribution in [0.2, 0.25) is 5.02 Å². The average Bonchev–Trinajstić information content (AvgIpc) is 3.17. The van der Waals surface area contributed by atoms with E-state index in [4.69, 9.17) is 16.3 Å². The third kappa shape index (κ3) is 3.94. The van der Waals surface area contributed by atoms with Crippen LogP contribution in [0.3, 0.4) is 0 Å². The summed E-state index contributed by atoms with van der Waals surface area (Å²) < 4.78 is 18.9. The van der Waals surface area contributed by atoms with Gasteiger partial charge in [-0.3, -0.25) is 9.59 Å². The average molecular weight is 432 g/mol. The van der Waals surface area contributed by atoms with E-state index in [2.05, 4.69) is 4.90 Å². The van der Waals surface area contributed by atoms with Crippen molar-refractivity contribution in [3.05, 3.63) is 53.3 Å². The van der Waals surface area contributed by atoms with Crippen molar-refractivity contribution in [3.63, 3.8) is 0 Å².